The molecule has 0 radical (unpaired) electrons. The Morgan fingerprint density at radius 3 is 2.56 bits per heavy atom. The number of hydrogen-bond acceptors (Lipinski definition) is 2. The van der Waals surface area contributed by atoms with Crippen molar-refractivity contribution >= 4 is 23.2 Å². The van der Waals surface area contributed by atoms with Gasteiger partial charge in [-0.2, -0.15) is 0 Å². The zero-order valence-electron chi connectivity index (χ0n) is 10.7. The number of ether oxygens (including phenoxy) is 1. The van der Waals surface area contributed by atoms with Gasteiger partial charge in [-0.25, -0.2) is 0 Å². The highest BCUT2D eigenvalue weighted by atomic mass is 35.5. The summed E-state index contributed by atoms with van der Waals surface area (Å²) in [4.78, 5) is 13.5. The highest BCUT2D eigenvalue weighted by molar-refractivity contribution is 6.27. The fraction of sp³-hybridized carbons (Fsp3) is 0.357. The zero-order chi connectivity index (χ0) is 13.4. The van der Waals surface area contributed by atoms with E-state index in [1.54, 1.807) is 12.0 Å². The van der Waals surface area contributed by atoms with Gasteiger partial charge in [-0.1, -0.05) is 36.4 Å². The Bertz CT molecular complexity index is 404. The molecule has 0 aliphatic carbocycles. The number of carbonyl (C=O) groups excluding carboxylic acids is 1. The van der Waals surface area contributed by atoms with Crippen molar-refractivity contribution in [2.75, 3.05) is 26.1 Å². The van der Waals surface area contributed by atoms with Gasteiger partial charge in [0.25, 0.3) is 0 Å². The van der Waals surface area contributed by atoms with E-state index >= 15 is 0 Å². The second-order valence-electron chi connectivity index (χ2n) is 3.71. The molecular formula is C14H18ClNO2. The Balaban J connectivity index is 2.98. The van der Waals surface area contributed by atoms with Crippen molar-refractivity contribution < 1.29 is 9.53 Å². The van der Waals surface area contributed by atoms with Gasteiger partial charge in [-0.05, 0) is 12.5 Å². The molecule has 0 bridgehead atoms. The van der Waals surface area contributed by atoms with Crippen LogP contribution >= 0.6 is 11.6 Å². The third-order valence-corrected chi connectivity index (χ3v) is 2.80. The summed E-state index contributed by atoms with van der Waals surface area (Å²) < 4.78 is 5.03. The van der Waals surface area contributed by atoms with Crippen molar-refractivity contribution in [3.05, 3.63) is 42.0 Å². The quantitative estimate of drug-likeness (QED) is 0.742. The van der Waals surface area contributed by atoms with Crippen molar-refractivity contribution in [1.29, 1.82) is 0 Å². The van der Waals surface area contributed by atoms with Gasteiger partial charge in [0, 0.05) is 19.4 Å². The number of halogens is 1. The number of allylic oxidation sites excluding steroid dienone is 1. The maximum absolute atomic E-state index is 11.9. The molecule has 0 heterocycles. The van der Waals surface area contributed by atoms with Crippen molar-refractivity contribution in [1.82, 2.24) is 4.90 Å². The Labute approximate surface area is 113 Å². The molecule has 0 saturated carbocycles. The molecule has 0 aromatic heterocycles. The number of nitrogens with zero attached hydrogens (tertiary/aromatic N) is 1. The maximum atomic E-state index is 11.9. The van der Waals surface area contributed by atoms with Gasteiger partial charge < -0.3 is 9.64 Å². The van der Waals surface area contributed by atoms with E-state index < -0.39 is 0 Å². The predicted octanol–water partition coefficient (Wildman–Crippen LogP) is 2.76. The van der Waals surface area contributed by atoms with Gasteiger partial charge in [0.1, 0.15) is 5.88 Å². The highest BCUT2D eigenvalue weighted by Crippen LogP contribution is 2.19. The van der Waals surface area contributed by atoms with E-state index in [2.05, 4.69) is 0 Å². The summed E-state index contributed by atoms with van der Waals surface area (Å²) in [5.41, 5.74) is 1.85. The first kappa shape index (κ1) is 14.7. The van der Waals surface area contributed by atoms with Crippen LogP contribution < -0.4 is 0 Å². The molecule has 18 heavy (non-hydrogen) atoms. The Morgan fingerprint density at radius 2 is 2.06 bits per heavy atom. The van der Waals surface area contributed by atoms with Gasteiger partial charge in [-0.15, -0.1) is 11.6 Å². The van der Waals surface area contributed by atoms with Crippen LogP contribution in [0.25, 0.3) is 5.70 Å². The average molecular weight is 268 g/mol. The van der Waals surface area contributed by atoms with E-state index in [1.165, 1.54) is 0 Å². The SMILES string of the molecule is C/C=C(\c1ccccc1)N(CCOC)C(=O)CCl. The van der Waals surface area contributed by atoms with Crippen LogP contribution in [0.2, 0.25) is 0 Å². The topological polar surface area (TPSA) is 29.5 Å². The lowest BCUT2D eigenvalue weighted by Gasteiger charge is -2.24. The molecule has 3 nitrogen and oxygen atoms in total. The van der Waals surface area contributed by atoms with E-state index in [0.717, 1.165) is 11.3 Å². The van der Waals surface area contributed by atoms with E-state index in [-0.39, 0.29) is 11.8 Å². The number of amides is 1. The molecule has 0 aliphatic heterocycles. The van der Waals surface area contributed by atoms with Crippen LogP contribution in [0, 0.1) is 0 Å². The molecule has 1 aromatic rings. The Hall–Kier alpha value is -1.32. The Kier molecular flexibility index (Phi) is 6.47. The lowest BCUT2D eigenvalue weighted by molar-refractivity contribution is -0.125. The fourth-order valence-corrected chi connectivity index (χ4v) is 1.87. The number of carbonyl (C=O) groups is 1. The van der Waals surface area contributed by atoms with Crippen molar-refractivity contribution in [2.24, 2.45) is 0 Å². The number of methoxy groups -OCH3 is 1. The van der Waals surface area contributed by atoms with E-state index in [0.29, 0.717) is 13.2 Å². The summed E-state index contributed by atoms with van der Waals surface area (Å²) in [5.74, 6) is -0.154. The molecule has 1 aromatic carbocycles. The Morgan fingerprint density at radius 1 is 1.39 bits per heavy atom. The smallest absolute Gasteiger partial charge is 0.241 e. The van der Waals surface area contributed by atoms with Crippen LogP contribution in [0.15, 0.2) is 36.4 Å². The minimum atomic E-state index is -0.120. The molecule has 1 amide bonds. The standard InChI is InChI=1S/C14H18ClNO2/c1-3-13(12-7-5-4-6-8-12)16(9-10-18-2)14(17)11-15/h3-8H,9-11H2,1-2H3/b13-3+. The molecule has 0 unspecified atom stereocenters. The maximum Gasteiger partial charge on any atom is 0.241 e. The number of benzene rings is 1. The first-order valence-corrected chi connectivity index (χ1v) is 6.35. The number of alkyl halides is 1. The molecule has 4 heteroatoms. The van der Waals surface area contributed by atoms with Crippen LogP contribution in [0.3, 0.4) is 0 Å². The minimum absolute atomic E-state index is 0.0338. The third-order valence-electron chi connectivity index (χ3n) is 2.57. The predicted molar refractivity (Wildman–Crippen MR) is 74.4 cm³/mol. The van der Waals surface area contributed by atoms with E-state index in [9.17, 15) is 4.79 Å². The number of rotatable bonds is 6. The molecule has 0 atom stereocenters. The lowest BCUT2D eigenvalue weighted by Crippen LogP contribution is -2.33. The molecule has 0 fully saturated rings. The van der Waals surface area contributed by atoms with E-state index in [1.807, 2.05) is 43.3 Å². The van der Waals surface area contributed by atoms with Crippen molar-refractivity contribution in [3.8, 4) is 0 Å². The lowest BCUT2D eigenvalue weighted by atomic mass is 10.1. The molecule has 0 aliphatic rings. The molecule has 98 valence electrons. The van der Waals surface area contributed by atoms with Crippen LogP contribution in [-0.4, -0.2) is 36.9 Å². The summed E-state index contributed by atoms with van der Waals surface area (Å²) in [6.45, 7) is 2.88. The monoisotopic (exact) mass is 267 g/mol. The molecule has 0 saturated heterocycles. The minimum Gasteiger partial charge on any atom is -0.383 e. The van der Waals surface area contributed by atoms with Gasteiger partial charge in [0.2, 0.25) is 5.91 Å². The molecule has 1 rings (SSSR count). The first-order chi connectivity index (χ1) is 8.74. The van der Waals surface area contributed by atoms with Gasteiger partial charge in [0.15, 0.2) is 0 Å². The summed E-state index contributed by atoms with van der Waals surface area (Å²) in [6, 6.07) is 9.77. The van der Waals surface area contributed by atoms with Crippen LogP contribution in [0.5, 0.6) is 0 Å². The van der Waals surface area contributed by atoms with Gasteiger partial charge in [0.05, 0.1) is 6.61 Å². The largest absolute Gasteiger partial charge is 0.383 e. The molecular weight excluding hydrogens is 250 g/mol. The van der Waals surface area contributed by atoms with Crippen LogP contribution in [0.4, 0.5) is 0 Å². The second-order valence-corrected chi connectivity index (χ2v) is 3.98. The first-order valence-electron chi connectivity index (χ1n) is 5.81. The highest BCUT2D eigenvalue weighted by Gasteiger charge is 2.17. The van der Waals surface area contributed by atoms with Crippen LogP contribution in [-0.2, 0) is 9.53 Å². The number of hydrogen-bond donors (Lipinski definition) is 0. The summed E-state index contributed by atoms with van der Waals surface area (Å²) in [7, 11) is 1.61. The van der Waals surface area contributed by atoms with E-state index in [4.69, 9.17) is 16.3 Å². The molecule has 0 N–H and O–H groups in total. The normalized spacial score (nSPS) is 11.4. The van der Waals surface area contributed by atoms with Gasteiger partial charge >= 0.3 is 0 Å². The van der Waals surface area contributed by atoms with Gasteiger partial charge in [-0.3, -0.25) is 4.79 Å². The summed E-state index contributed by atoms with van der Waals surface area (Å²) in [6.07, 6.45) is 1.91. The van der Waals surface area contributed by atoms with Crippen molar-refractivity contribution in [2.45, 2.75) is 6.92 Å². The average Bonchev–Trinajstić information content (AvgIpc) is 2.43. The zero-order valence-corrected chi connectivity index (χ0v) is 11.5. The van der Waals surface area contributed by atoms with Crippen LogP contribution in [0.1, 0.15) is 12.5 Å². The fourth-order valence-electron chi connectivity index (χ4n) is 1.72. The molecule has 0 spiro atoms. The second kappa shape index (κ2) is 7.90. The third kappa shape index (κ3) is 3.86. The summed E-state index contributed by atoms with van der Waals surface area (Å²) >= 11 is 5.65. The summed E-state index contributed by atoms with van der Waals surface area (Å²) in [5, 5.41) is 0. The van der Waals surface area contributed by atoms with Crippen molar-refractivity contribution in [3.63, 3.8) is 0 Å².